The molecule has 0 amide bonds. The Labute approximate surface area is 127 Å². The molecule has 3 rings (SSSR count). The Bertz CT molecular complexity index is 519. The van der Waals surface area contributed by atoms with E-state index in [4.69, 9.17) is 0 Å². The van der Waals surface area contributed by atoms with Crippen LogP contribution < -0.4 is 10.2 Å². The van der Waals surface area contributed by atoms with Crippen molar-refractivity contribution in [1.29, 1.82) is 0 Å². The van der Waals surface area contributed by atoms with Crippen molar-refractivity contribution in [1.82, 2.24) is 15.2 Å². The lowest BCUT2D eigenvalue weighted by atomic mass is 10.2. The molecule has 2 aliphatic heterocycles. The SMILES string of the molecule is Cc1cc(CNC2=NCCCN2C)cc(N2CCCC2)n1. The maximum absolute atomic E-state index is 4.68. The van der Waals surface area contributed by atoms with Gasteiger partial charge in [0, 0.05) is 45.5 Å². The van der Waals surface area contributed by atoms with Crippen molar-refractivity contribution >= 4 is 11.8 Å². The second kappa shape index (κ2) is 6.33. The van der Waals surface area contributed by atoms with Crippen molar-refractivity contribution in [3.63, 3.8) is 0 Å². The topological polar surface area (TPSA) is 43.8 Å². The molecule has 0 saturated carbocycles. The molecule has 0 unspecified atom stereocenters. The van der Waals surface area contributed by atoms with Gasteiger partial charge in [-0.05, 0) is 43.9 Å². The van der Waals surface area contributed by atoms with Gasteiger partial charge < -0.3 is 15.1 Å². The number of hydrogen-bond acceptors (Lipinski definition) is 5. The molecule has 21 heavy (non-hydrogen) atoms. The number of hydrogen-bond donors (Lipinski definition) is 1. The van der Waals surface area contributed by atoms with Crippen molar-refractivity contribution in [2.45, 2.75) is 32.7 Å². The predicted octanol–water partition coefficient (Wildman–Crippen LogP) is 1.77. The molecule has 0 atom stereocenters. The zero-order valence-electron chi connectivity index (χ0n) is 13.1. The molecule has 5 nitrogen and oxygen atoms in total. The van der Waals surface area contributed by atoms with Crippen LogP contribution in [-0.2, 0) is 6.54 Å². The number of aryl methyl sites for hydroxylation is 1. The number of nitrogens with zero attached hydrogens (tertiary/aromatic N) is 4. The van der Waals surface area contributed by atoms with Gasteiger partial charge in [-0.1, -0.05) is 0 Å². The van der Waals surface area contributed by atoms with Crippen LogP contribution in [-0.4, -0.2) is 49.1 Å². The fourth-order valence-corrected chi connectivity index (χ4v) is 3.02. The van der Waals surface area contributed by atoms with Crippen LogP contribution in [0.4, 0.5) is 5.82 Å². The van der Waals surface area contributed by atoms with E-state index in [-0.39, 0.29) is 0 Å². The first-order valence-electron chi connectivity index (χ1n) is 7.94. The van der Waals surface area contributed by atoms with Gasteiger partial charge in [-0.2, -0.15) is 0 Å². The van der Waals surface area contributed by atoms with Gasteiger partial charge in [-0.25, -0.2) is 4.98 Å². The molecule has 1 fully saturated rings. The Hall–Kier alpha value is -1.78. The van der Waals surface area contributed by atoms with Crippen LogP contribution in [0.15, 0.2) is 17.1 Å². The maximum atomic E-state index is 4.68. The number of aliphatic imine (C=N–C) groups is 1. The number of guanidine groups is 1. The van der Waals surface area contributed by atoms with Gasteiger partial charge in [-0.3, -0.25) is 4.99 Å². The third-order valence-corrected chi connectivity index (χ3v) is 4.16. The first-order chi connectivity index (χ1) is 10.2. The summed E-state index contributed by atoms with van der Waals surface area (Å²) in [5.41, 5.74) is 2.38. The summed E-state index contributed by atoms with van der Waals surface area (Å²) in [4.78, 5) is 13.8. The molecule has 0 bridgehead atoms. The minimum atomic E-state index is 0.813. The largest absolute Gasteiger partial charge is 0.357 e. The molecular weight excluding hydrogens is 262 g/mol. The van der Waals surface area contributed by atoms with E-state index < -0.39 is 0 Å². The fourth-order valence-electron chi connectivity index (χ4n) is 3.02. The molecule has 2 aliphatic rings. The fraction of sp³-hybridized carbons (Fsp3) is 0.625. The van der Waals surface area contributed by atoms with Gasteiger partial charge in [0.1, 0.15) is 5.82 Å². The average molecular weight is 287 g/mol. The monoisotopic (exact) mass is 287 g/mol. The van der Waals surface area contributed by atoms with Crippen molar-refractivity contribution in [2.24, 2.45) is 4.99 Å². The number of anilines is 1. The molecule has 114 valence electrons. The third-order valence-electron chi connectivity index (χ3n) is 4.16. The maximum Gasteiger partial charge on any atom is 0.193 e. The summed E-state index contributed by atoms with van der Waals surface area (Å²) in [7, 11) is 2.10. The van der Waals surface area contributed by atoms with E-state index in [1.54, 1.807) is 0 Å². The van der Waals surface area contributed by atoms with E-state index in [0.717, 1.165) is 56.6 Å². The Balaban J connectivity index is 1.68. The lowest BCUT2D eigenvalue weighted by Crippen LogP contribution is -2.41. The minimum absolute atomic E-state index is 0.813. The van der Waals surface area contributed by atoms with Crippen LogP contribution in [0, 0.1) is 6.92 Å². The van der Waals surface area contributed by atoms with Crippen LogP contribution in [0.5, 0.6) is 0 Å². The van der Waals surface area contributed by atoms with Crippen molar-refractivity contribution in [2.75, 3.05) is 38.1 Å². The quantitative estimate of drug-likeness (QED) is 0.920. The normalized spacial score (nSPS) is 18.9. The van der Waals surface area contributed by atoms with Gasteiger partial charge in [-0.15, -0.1) is 0 Å². The van der Waals surface area contributed by atoms with Crippen molar-refractivity contribution in [3.05, 3.63) is 23.4 Å². The summed E-state index contributed by atoms with van der Waals surface area (Å²) in [6.07, 6.45) is 3.71. The Morgan fingerprint density at radius 3 is 2.71 bits per heavy atom. The van der Waals surface area contributed by atoms with Crippen molar-refractivity contribution < 1.29 is 0 Å². The van der Waals surface area contributed by atoms with E-state index in [9.17, 15) is 0 Å². The van der Waals surface area contributed by atoms with E-state index >= 15 is 0 Å². The smallest absolute Gasteiger partial charge is 0.193 e. The highest BCUT2D eigenvalue weighted by Crippen LogP contribution is 2.20. The molecule has 1 aromatic heterocycles. The van der Waals surface area contributed by atoms with Crippen LogP contribution in [0.25, 0.3) is 0 Å². The summed E-state index contributed by atoms with van der Waals surface area (Å²) in [6.45, 7) is 7.18. The molecule has 0 spiro atoms. The lowest BCUT2D eigenvalue weighted by Gasteiger charge is -2.26. The van der Waals surface area contributed by atoms with E-state index in [1.807, 2.05) is 0 Å². The number of rotatable bonds is 3. The van der Waals surface area contributed by atoms with E-state index in [0.29, 0.717) is 0 Å². The number of pyridine rings is 1. The summed E-state index contributed by atoms with van der Waals surface area (Å²) in [6, 6.07) is 4.38. The molecule has 1 saturated heterocycles. The van der Waals surface area contributed by atoms with Gasteiger partial charge in [0.15, 0.2) is 5.96 Å². The van der Waals surface area contributed by atoms with Crippen LogP contribution >= 0.6 is 0 Å². The third kappa shape index (κ3) is 3.46. The molecule has 1 aromatic rings. The zero-order valence-corrected chi connectivity index (χ0v) is 13.1. The lowest BCUT2D eigenvalue weighted by molar-refractivity contribution is 0.446. The molecule has 0 aromatic carbocycles. The summed E-state index contributed by atoms with van der Waals surface area (Å²) >= 11 is 0. The Morgan fingerprint density at radius 1 is 1.14 bits per heavy atom. The highest BCUT2D eigenvalue weighted by atomic mass is 15.3. The summed E-state index contributed by atoms with van der Waals surface area (Å²) < 4.78 is 0. The van der Waals surface area contributed by atoms with Gasteiger partial charge >= 0.3 is 0 Å². The molecule has 0 radical (unpaired) electrons. The number of aromatic nitrogens is 1. The van der Waals surface area contributed by atoms with Crippen LogP contribution in [0.1, 0.15) is 30.5 Å². The number of nitrogens with one attached hydrogen (secondary N) is 1. The summed E-state index contributed by atoms with van der Waals surface area (Å²) in [5.74, 6) is 2.14. The predicted molar refractivity (Wildman–Crippen MR) is 86.8 cm³/mol. The zero-order chi connectivity index (χ0) is 14.7. The van der Waals surface area contributed by atoms with Gasteiger partial charge in [0.05, 0.1) is 0 Å². The van der Waals surface area contributed by atoms with Crippen molar-refractivity contribution in [3.8, 4) is 0 Å². The Morgan fingerprint density at radius 2 is 1.95 bits per heavy atom. The molecule has 0 aliphatic carbocycles. The second-order valence-electron chi connectivity index (χ2n) is 6.00. The molecule has 3 heterocycles. The van der Waals surface area contributed by atoms with Gasteiger partial charge in [0.25, 0.3) is 0 Å². The second-order valence-corrected chi connectivity index (χ2v) is 6.00. The van der Waals surface area contributed by atoms with Crippen LogP contribution in [0.2, 0.25) is 0 Å². The average Bonchev–Trinajstić information content (AvgIpc) is 3.00. The Kier molecular flexibility index (Phi) is 4.27. The standard InChI is InChI=1S/C16H25N5/c1-13-10-14(11-15(19-13)21-8-3-4-9-21)12-18-16-17-6-5-7-20(16)2/h10-11H,3-9,12H2,1-2H3,(H,17,18). The summed E-state index contributed by atoms with van der Waals surface area (Å²) in [5, 5.41) is 3.46. The van der Waals surface area contributed by atoms with Gasteiger partial charge in [0.2, 0.25) is 0 Å². The molecular formula is C16H25N5. The van der Waals surface area contributed by atoms with Crippen LogP contribution in [0.3, 0.4) is 0 Å². The first kappa shape index (κ1) is 14.2. The minimum Gasteiger partial charge on any atom is -0.357 e. The highest BCUT2D eigenvalue weighted by Gasteiger charge is 2.15. The molecule has 5 heteroatoms. The van der Waals surface area contributed by atoms with E-state index in [2.05, 4.69) is 51.2 Å². The van der Waals surface area contributed by atoms with E-state index in [1.165, 1.54) is 18.4 Å². The molecule has 1 N–H and O–H groups in total. The highest BCUT2D eigenvalue weighted by molar-refractivity contribution is 5.80. The first-order valence-corrected chi connectivity index (χ1v) is 7.94.